The van der Waals surface area contributed by atoms with Gasteiger partial charge in [0.1, 0.15) is 0 Å². The molecule has 29 heteroatoms. The van der Waals surface area contributed by atoms with Gasteiger partial charge < -0.3 is 14.2 Å². The van der Waals surface area contributed by atoms with Gasteiger partial charge in [0.15, 0.2) is 0 Å². The Morgan fingerprint density at radius 3 is 0.725 bits per heavy atom. The first-order valence-electron chi connectivity index (χ1n) is 11.1. The van der Waals surface area contributed by atoms with Crippen LogP contribution in [0.2, 0.25) is 0 Å². The van der Waals surface area contributed by atoms with Crippen molar-refractivity contribution in [2.75, 3.05) is 0 Å². The average Bonchev–Trinajstić information content (AvgIpc) is 3.02. The van der Waals surface area contributed by atoms with Crippen LogP contribution in [0.5, 0.6) is 11.5 Å². The molecule has 0 saturated heterocycles. The molecule has 0 heterocycles. The van der Waals surface area contributed by atoms with Crippen LogP contribution < -0.4 is 9.47 Å². The predicted molar refractivity (Wildman–Crippen MR) is 103 cm³/mol. The van der Waals surface area contributed by atoms with E-state index in [1.54, 1.807) is 0 Å². The van der Waals surface area contributed by atoms with Crippen molar-refractivity contribution in [3.63, 3.8) is 0 Å². The zero-order valence-electron chi connectivity index (χ0n) is 22.1. The fraction of sp³-hybridized carbons (Fsp3) is 0.273. The van der Waals surface area contributed by atoms with E-state index < -0.39 is 129 Å². The first-order chi connectivity index (χ1) is 22.7. The molecular formula is C22F26O3. The number of ether oxygens (including phenoxy) is 3. The van der Waals surface area contributed by atoms with Crippen molar-refractivity contribution in [3.05, 3.63) is 81.9 Å². The third-order valence-electron chi connectivity index (χ3n) is 5.44. The summed E-state index contributed by atoms with van der Waals surface area (Å²) >= 11 is 0. The van der Waals surface area contributed by atoms with Gasteiger partial charge in [-0.25, -0.2) is 26.3 Å². The molecule has 2 aromatic carbocycles. The summed E-state index contributed by atoms with van der Waals surface area (Å²) in [7, 11) is 0. The Hall–Kier alpha value is -4.50. The summed E-state index contributed by atoms with van der Waals surface area (Å²) in [5, 5.41) is 0. The van der Waals surface area contributed by atoms with E-state index >= 15 is 0 Å². The van der Waals surface area contributed by atoms with E-state index in [-0.39, 0.29) is 0 Å². The summed E-state index contributed by atoms with van der Waals surface area (Å²) < 4.78 is 361. The SMILES string of the molecule is FC(OC(F)=C(F)C(F)(F)C(F)(Oc1c(F)c(F)c(F)c(F)c1F)C(F)(F)F)=C(F)C(F)(F)C(F)(Oc1c(F)c(F)c(F)c(F)c1F)C(F)(F)F. The van der Waals surface area contributed by atoms with E-state index in [4.69, 9.17) is 0 Å². The molecule has 0 aromatic heterocycles. The standard InChI is InChI=1S/C22F26O3/c23-1-3(25)7(29)11(8(30)4(1)26)50-19(41,21(43,44)45)17(37,38)13(33)15(35)49-16(36)14(34)18(39,40)20(42,22(46,47)48)51-12-9(31)5(27)2(24)6(28)10(12)32. The molecule has 288 valence electrons. The molecule has 0 N–H and O–H groups in total. The number of rotatable bonds is 10. The summed E-state index contributed by atoms with van der Waals surface area (Å²) in [5.41, 5.74) is 0. The lowest BCUT2D eigenvalue weighted by Gasteiger charge is -2.34. The zero-order valence-corrected chi connectivity index (χ0v) is 22.1. The molecule has 0 aliphatic heterocycles. The van der Waals surface area contributed by atoms with Gasteiger partial charge in [-0.3, -0.25) is 0 Å². The molecule has 51 heavy (non-hydrogen) atoms. The van der Waals surface area contributed by atoms with Crippen LogP contribution in [0, 0.1) is 58.2 Å². The van der Waals surface area contributed by atoms with Crippen LogP contribution in [-0.2, 0) is 4.74 Å². The third kappa shape index (κ3) is 6.68. The van der Waals surface area contributed by atoms with Gasteiger partial charge in [0, 0.05) is 0 Å². The first kappa shape index (κ1) is 42.7. The highest BCUT2D eigenvalue weighted by Crippen LogP contribution is 2.54. The zero-order chi connectivity index (χ0) is 40.4. The van der Waals surface area contributed by atoms with Crippen LogP contribution >= 0.6 is 0 Å². The maximum Gasteiger partial charge on any atom is 0.467 e. The topological polar surface area (TPSA) is 27.7 Å². The fourth-order valence-electron chi connectivity index (χ4n) is 2.93. The number of halogens is 26. The van der Waals surface area contributed by atoms with Crippen LogP contribution in [0.25, 0.3) is 0 Å². The highest BCUT2D eigenvalue weighted by atomic mass is 19.4. The fourth-order valence-corrected chi connectivity index (χ4v) is 2.93. The smallest absolute Gasteiger partial charge is 0.439 e. The van der Waals surface area contributed by atoms with Crippen molar-refractivity contribution in [3.8, 4) is 11.5 Å². The van der Waals surface area contributed by atoms with Crippen molar-refractivity contribution >= 4 is 0 Å². The van der Waals surface area contributed by atoms with E-state index in [9.17, 15) is 114 Å². The minimum Gasteiger partial charge on any atom is -0.439 e. The highest BCUT2D eigenvalue weighted by Gasteiger charge is 2.79. The molecular weight excluding hydrogens is 806 g/mol. The molecule has 3 nitrogen and oxygen atoms in total. The van der Waals surface area contributed by atoms with E-state index in [2.05, 4.69) is 14.2 Å². The second-order valence-corrected chi connectivity index (χ2v) is 8.61. The van der Waals surface area contributed by atoms with E-state index in [0.29, 0.717) is 0 Å². The van der Waals surface area contributed by atoms with Gasteiger partial charge in [0.25, 0.3) is 0 Å². The van der Waals surface area contributed by atoms with Gasteiger partial charge in [0.05, 0.1) is 0 Å². The van der Waals surface area contributed by atoms with Gasteiger partial charge >= 0.3 is 47.9 Å². The molecule has 2 rings (SSSR count). The van der Waals surface area contributed by atoms with Crippen LogP contribution in [0.15, 0.2) is 23.7 Å². The van der Waals surface area contributed by atoms with E-state index in [1.165, 1.54) is 0 Å². The molecule has 0 bridgehead atoms. The number of alkyl halides is 12. The highest BCUT2D eigenvalue weighted by molar-refractivity contribution is 5.33. The van der Waals surface area contributed by atoms with E-state index in [1.807, 2.05) is 0 Å². The Kier molecular flexibility index (Phi) is 11.1. The largest absolute Gasteiger partial charge is 0.467 e. The number of hydrogen-bond donors (Lipinski definition) is 0. The molecule has 0 amide bonds. The quantitative estimate of drug-likeness (QED) is 0.104. The van der Waals surface area contributed by atoms with Crippen LogP contribution in [0.3, 0.4) is 0 Å². The van der Waals surface area contributed by atoms with Crippen molar-refractivity contribution < 1.29 is 128 Å². The molecule has 0 radical (unpaired) electrons. The Morgan fingerprint density at radius 2 is 0.529 bits per heavy atom. The minimum atomic E-state index is -7.81. The van der Waals surface area contributed by atoms with Crippen LogP contribution in [0.4, 0.5) is 114 Å². The molecule has 0 saturated carbocycles. The Morgan fingerprint density at radius 1 is 0.333 bits per heavy atom. The van der Waals surface area contributed by atoms with Crippen LogP contribution in [0.1, 0.15) is 0 Å². The maximum absolute atomic E-state index is 14.5. The molecule has 2 atom stereocenters. The van der Waals surface area contributed by atoms with Crippen molar-refractivity contribution in [2.45, 2.75) is 35.9 Å². The molecule has 0 fully saturated rings. The minimum absolute atomic E-state index is 2.17. The second-order valence-electron chi connectivity index (χ2n) is 8.61. The predicted octanol–water partition coefficient (Wildman–Crippen LogP) is 10.5. The molecule has 0 spiro atoms. The summed E-state index contributed by atoms with van der Waals surface area (Å²) in [6, 6.07) is -9.51. The molecule has 2 aromatic rings. The van der Waals surface area contributed by atoms with Crippen molar-refractivity contribution in [2.24, 2.45) is 0 Å². The van der Waals surface area contributed by atoms with E-state index in [0.717, 1.165) is 0 Å². The lowest BCUT2D eigenvalue weighted by molar-refractivity contribution is -0.368. The summed E-state index contributed by atoms with van der Waals surface area (Å²) in [4.78, 5) is 0. The number of benzene rings is 2. The monoisotopic (exact) mass is 806 g/mol. The Bertz CT molecular complexity index is 1590. The molecule has 0 aliphatic carbocycles. The average molecular weight is 806 g/mol. The normalized spacial score (nSPS) is 16.6. The van der Waals surface area contributed by atoms with Crippen LogP contribution in [-0.4, -0.2) is 35.9 Å². The van der Waals surface area contributed by atoms with Gasteiger partial charge in [-0.2, -0.15) is 87.8 Å². The van der Waals surface area contributed by atoms with Gasteiger partial charge in [-0.05, 0) is 0 Å². The molecule has 2 unspecified atom stereocenters. The summed E-state index contributed by atoms with van der Waals surface area (Å²) in [6.45, 7) is 0. The van der Waals surface area contributed by atoms with Crippen molar-refractivity contribution in [1.82, 2.24) is 0 Å². The Labute approximate surface area is 258 Å². The Balaban J connectivity index is 2.74. The number of hydrogen-bond acceptors (Lipinski definition) is 3. The van der Waals surface area contributed by atoms with Crippen molar-refractivity contribution in [1.29, 1.82) is 0 Å². The van der Waals surface area contributed by atoms with Gasteiger partial charge in [-0.15, -0.1) is 0 Å². The summed E-state index contributed by atoms with van der Waals surface area (Å²) in [5.74, 6) is -83.6. The van der Waals surface area contributed by atoms with Gasteiger partial charge in [0.2, 0.25) is 81.3 Å². The van der Waals surface area contributed by atoms with Gasteiger partial charge in [-0.1, -0.05) is 0 Å². The lowest BCUT2D eigenvalue weighted by Crippen LogP contribution is -2.60. The summed E-state index contributed by atoms with van der Waals surface area (Å²) in [6.07, 6.45) is -15.6. The molecule has 0 aliphatic rings. The first-order valence-corrected chi connectivity index (χ1v) is 11.1. The third-order valence-corrected chi connectivity index (χ3v) is 5.44. The second kappa shape index (κ2) is 13.2. The lowest BCUT2D eigenvalue weighted by atomic mass is 10.1. The maximum atomic E-state index is 14.5.